The summed E-state index contributed by atoms with van der Waals surface area (Å²) in [4.78, 5) is 12.9. The molecule has 0 fully saturated rings. The number of anilines is 1. The lowest BCUT2D eigenvalue weighted by molar-refractivity contribution is -0.119. The molecule has 0 bridgehead atoms. The molecular formula is C25H26IN3O3S. The van der Waals surface area contributed by atoms with E-state index in [2.05, 4.69) is 33.1 Å². The van der Waals surface area contributed by atoms with Crippen molar-refractivity contribution in [2.45, 2.75) is 32.6 Å². The summed E-state index contributed by atoms with van der Waals surface area (Å²) in [7, 11) is -3.98. The highest BCUT2D eigenvalue weighted by molar-refractivity contribution is 14.1. The standard InChI is InChI=1S/C25H26IN3O3S/c1-17-6-13-23(14-7-17)33(31,32)29(24-15-18(2)5-8-19(24)3)16-25(30)28-27-20(4)21-9-11-22(26)12-10-21/h5-15H,16H2,1-4H3,(H,28,30)/b27-20-. The van der Waals surface area contributed by atoms with Crippen molar-refractivity contribution in [2.24, 2.45) is 5.10 Å². The van der Waals surface area contributed by atoms with Gasteiger partial charge in [0.05, 0.1) is 16.3 Å². The molecule has 0 aliphatic heterocycles. The highest BCUT2D eigenvalue weighted by Gasteiger charge is 2.28. The molecule has 172 valence electrons. The Morgan fingerprint density at radius 1 is 0.939 bits per heavy atom. The lowest BCUT2D eigenvalue weighted by Crippen LogP contribution is -2.40. The van der Waals surface area contributed by atoms with Crippen LogP contribution in [0.3, 0.4) is 0 Å². The first kappa shape index (κ1) is 24.9. The molecule has 0 atom stereocenters. The average Bonchev–Trinajstić information content (AvgIpc) is 2.78. The molecule has 0 aromatic heterocycles. The third-order valence-corrected chi connectivity index (χ3v) is 7.63. The summed E-state index contributed by atoms with van der Waals surface area (Å²) in [6, 6.07) is 19.8. The predicted molar refractivity (Wildman–Crippen MR) is 141 cm³/mol. The summed E-state index contributed by atoms with van der Waals surface area (Å²) in [5, 5.41) is 4.17. The number of nitrogens with zero attached hydrogens (tertiary/aromatic N) is 2. The molecule has 0 unspecified atom stereocenters. The number of hydrazone groups is 1. The van der Waals surface area contributed by atoms with Crippen LogP contribution in [0.25, 0.3) is 0 Å². The van der Waals surface area contributed by atoms with Crippen LogP contribution in [0.5, 0.6) is 0 Å². The first-order valence-corrected chi connectivity index (χ1v) is 12.9. The first-order valence-electron chi connectivity index (χ1n) is 10.3. The molecule has 1 amide bonds. The smallest absolute Gasteiger partial charge is 0.264 e. The second-order valence-corrected chi connectivity index (χ2v) is 11.0. The zero-order valence-electron chi connectivity index (χ0n) is 19.0. The number of halogens is 1. The van der Waals surface area contributed by atoms with E-state index in [0.29, 0.717) is 11.4 Å². The molecule has 0 heterocycles. The molecule has 0 aliphatic rings. The summed E-state index contributed by atoms with van der Waals surface area (Å²) in [5.41, 5.74) is 7.06. The molecule has 1 N–H and O–H groups in total. The Balaban J connectivity index is 1.92. The fourth-order valence-electron chi connectivity index (χ4n) is 3.19. The van der Waals surface area contributed by atoms with Gasteiger partial charge in [-0.2, -0.15) is 5.10 Å². The maximum Gasteiger partial charge on any atom is 0.264 e. The minimum absolute atomic E-state index is 0.125. The van der Waals surface area contributed by atoms with E-state index in [-0.39, 0.29) is 4.90 Å². The molecule has 0 saturated carbocycles. The summed E-state index contributed by atoms with van der Waals surface area (Å²) in [6.07, 6.45) is 0. The fraction of sp³-hybridized carbons (Fsp3) is 0.200. The topological polar surface area (TPSA) is 78.8 Å². The van der Waals surface area contributed by atoms with Crippen molar-refractivity contribution in [3.8, 4) is 0 Å². The van der Waals surface area contributed by atoms with Gasteiger partial charge in [0.15, 0.2) is 0 Å². The Hall–Kier alpha value is -2.72. The van der Waals surface area contributed by atoms with Gasteiger partial charge in [0.2, 0.25) is 0 Å². The fourth-order valence-corrected chi connectivity index (χ4v) is 5.03. The number of carbonyl (C=O) groups is 1. The van der Waals surface area contributed by atoms with E-state index >= 15 is 0 Å². The van der Waals surface area contributed by atoms with Crippen molar-refractivity contribution in [1.82, 2.24) is 5.43 Å². The number of aryl methyl sites for hydroxylation is 3. The van der Waals surface area contributed by atoms with Gasteiger partial charge in [0.1, 0.15) is 6.54 Å². The van der Waals surface area contributed by atoms with Crippen molar-refractivity contribution in [2.75, 3.05) is 10.8 Å². The Labute approximate surface area is 208 Å². The molecule has 33 heavy (non-hydrogen) atoms. The summed E-state index contributed by atoms with van der Waals surface area (Å²) in [5.74, 6) is -0.531. The van der Waals surface area contributed by atoms with Gasteiger partial charge in [0, 0.05) is 3.57 Å². The minimum Gasteiger partial charge on any atom is -0.271 e. The van der Waals surface area contributed by atoms with Crippen LogP contribution in [-0.4, -0.2) is 26.6 Å². The minimum atomic E-state index is -3.98. The van der Waals surface area contributed by atoms with Gasteiger partial charge in [0.25, 0.3) is 15.9 Å². The van der Waals surface area contributed by atoms with Crippen LogP contribution in [-0.2, 0) is 14.8 Å². The van der Waals surface area contributed by atoms with Crippen molar-refractivity contribution in [3.05, 3.63) is 92.6 Å². The SMILES string of the molecule is C/C(=N/NC(=O)CN(c1cc(C)ccc1C)S(=O)(=O)c1ccc(C)cc1)c1ccc(I)cc1. The molecule has 0 spiro atoms. The maximum atomic E-state index is 13.5. The van der Waals surface area contributed by atoms with Crippen molar-refractivity contribution >= 4 is 49.9 Å². The van der Waals surface area contributed by atoms with Crippen molar-refractivity contribution in [3.63, 3.8) is 0 Å². The number of amides is 1. The molecule has 3 rings (SSSR count). The number of benzene rings is 3. The van der Waals surface area contributed by atoms with Crippen molar-refractivity contribution < 1.29 is 13.2 Å². The van der Waals surface area contributed by atoms with Crippen molar-refractivity contribution in [1.29, 1.82) is 0 Å². The largest absolute Gasteiger partial charge is 0.271 e. The zero-order chi connectivity index (χ0) is 24.2. The molecule has 0 radical (unpaired) electrons. The number of hydrogen-bond donors (Lipinski definition) is 1. The summed E-state index contributed by atoms with van der Waals surface area (Å²) in [6.45, 7) is 6.98. The number of sulfonamides is 1. The monoisotopic (exact) mass is 575 g/mol. The number of rotatable bonds is 7. The molecule has 6 nitrogen and oxygen atoms in total. The lowest BCUT2D eigenvalue weighted by atomic mass is 10.1. The third kappa shape index (κ3) is 6.20. The molecule has 8 heteroatoms. The highest BCUT2D eigenvalue weighted by atomic mass is 127. The predicted octanol–water partition coefficient (Wildman–Crippen LogP) is 4.95. The lowest BCUT2D eigenvalue weighted by Gasteiger charge is -2.25. The van der Waals surface area contributed by atoms with E-state index in [4.69, 9.17) is 0 Å². The maximum absolute atomic E-state index is 13.5. The quantitative estimate of drug-likeness (QED) is 0.246. The summed E-state index contributed by atoms with van der Waals surface area (Å²) < 4.78 is 29.3. The van der Waals surface area contributed by atoms with Crippen LogP contribution in [0, 0.1) is 24.3 Å². The van der Waals surface area contributed by atoms with E-state index in [0.717, 1.165) is 30.1 Å². The Kier molecular flexibility index (Phi) is 7.91. The van der Waals surface area contributed by atoms with Crippen LogP contribution in [0.2, 0.25) is 0 Å². The highest BCUT2D eigenvalue weighted by Crippen LogP contribution is 2.28. The number of carbonyl (C=O) groups excluding carboxylic acids is 1. The molecule has 0 aliphatic carbocycles. The third-order valence-electron chi connectivity index (χ3n) is 5.14. The molecule has 3 aromatic rings. The Bertz CT molecular complexity index is 1290. The van der Waals surface area contributed by atoms with Gasteiger partial charge >= 0.3 is 0 Å². The van der Waals surface area contributed by atoms with E-state index in [1.807, 2.05) is 57.2 Å². The van der Waals surface area contributed by atoms with Gasteiger partial charge in [-0.1, -0.05) is 42.0 Å². The van der Waals surface area contributed by atoms with Gasteiger partial charge in [-0.15, -0.1) is 0 Å². The number of hydrogen-bond acceptors (Lipinski definition) is 4. The number of nitrogens with one attached hydrogen (secondary N) is 1. The van der Waals surface area contributed by atoms with Gasteiger partial charge in [-0.25, -0.2) is 13.8 Å². The molecular weight excluding hydrogens is 549 g/mol. The zero-order valence-corrected chi connectivity index (χ0v) is 21.9. The second-order valence-electron chi connectivity index (χ2n) is 7.85. The van der Waals surface area contributed by atoms with Crippen LogP contribution in [0.15, 0.2) is 76.7 Å². The first-order chi connectivity index (χ1) is 15.6. The van der Waals surface area contributed by atoms with Gasteiger partial charge in [-0.05, 0) is 97.3 Å². The van der Waals surface area contributed by atoms with Gasteiger partial charge < -0.3 is 0 Å². The normalized spacial score (nSPS) is 11.8. The van der Waals surface area contributed by atoms with E-state index < -0.39 is 22.5 Å². The van der Waals surface area contributed by atoms with Crippen LogP contribution in [0.1, 0.15) is 29.2 Å². The van der Waals surface area contributed by atoms with E-state index in [9.17, 15) is 13.2 Å². The van der Waals surface area contributed by atoms with Crippen LogP contribution < -0.4 is 9.73 Å². The van der Waals surface area contributed by atoms with Gasteiger partial charge in [-0.3, -0.25) is 9.10 Å². The summed E-state index contributed by atoms with van der Waals surface area (Å²) >= 11 is 2.22. The molecule has 3 aromatic carbocycles. The van der Waals surface area contributed by atoms with Crippen LogP contribution >= 0.6 is 22.6 Å². The average molecular weight is 575 g/mol. The Morgan fingerprint density at radius 3 is 2.18 bits per heavy atom. The van der Waals surface area contributed by atoms with Crippen LogP contribution in [0.4, 0.5) is 5.69 Å². The Morgan fingerprint density at radius 2 is 1.55 bits per heavy atom. The molecule has 0 saturated heterocycles. The van der Waals surface area contributed by atoms with E-state index in [1.54, 1.807) is 37.3 Å². The second kappa shape index (κ2) is 10.5. The van der Waals surface area contributed by atoms with E-state index in [1.165, 1.54) is 0 Å².